The summed E-state index contributed by atoms with van der Waals surface area (Å²) in [6.45, 7) is 5.20. The second-order valence-electron chi connectivity index (χ2n) is 4.57. The summed E-state index contributed by atoms with van der Waals surface area (Å²) in [5, 5.41) is 3.19. The molecule has 2 heterocycles. The number of nitrogens with one attached hydrogen (secondary N) is 1. The third kappa shape index (κ3) is 3.17. The van der Waals surface area contributed by atoms with Crippen LogP contribution in [0.5, 0.6) is 0 Å². The molecule has 0 unspecified atom stereocenters. The lowest BCUT2D eigenvalue weighted by molar-refractivity contribution is 0.760. The quantitative estimate of drug-likeness (QED) is 0.868. The highest BCUT2D eigenvalue weighted by atomic mass is 14.9. The Hall–Kier alpha value is -1.88. The fourth-order valence-corrected chi connectivity index (χ4v) is 2.23. The molecule has 0 aliphatic heterocycles. The summed E-state index contributed by atoms with van der Waals surface area (Å²) < 4.78 is 0. The highest BCUT2D eigenvalue weighted by Gasteiger charge is 2.13. The van der Waals surface area contributed by atoms with Gasteiger partial charge in [0.1, 0.15) is 5.69 Å². The minimum atomic E-state index is 0.681. The minimum Gasteiger partial charge on any atom is -0.319 e. The zero-order chi connectivity index (χ0) is 14.4. The van der Waals surface area contributed by atoms with Crippen molar-refractivity contribution in [2.75, 3.05) is 13.6 Å². The van der Waals surface area contributed by atoms with Gasteiger partial charge in [-0.3, -0.25) is 4.98 Å². The Balaban J connectivity index is 2.47. The van der Waals surface area contributed by atoms with Crippen LogP contribution in [-0.2, 0) is 19.3 Å². The Labute approximate surface area is 119 Å². The lowest BCUT2D eigenvalue weighted by atomic mass is 10.0. The van der Waals surface area contributed by atoms with Crippen molar-refractivity contribution in [2.24, 2.45) is 0 Å². The summed E-state index contributed by atoms with van der Waals surface area (Å²) in [6.07, 6.45) is 7.81. The van der Waals surface area contributed by atoms with Crippen molar-refractivity contribution >= 4 is 0 Å². The van der Waals surface area contributed by atoms with Crippen LogP contribution in [0.2, 0.25) is 0 Å². The van der Waals surface area contributed by atoms with E-state index in [0.29, 0.717) is 5.82 Å². The van der Waals surface area contributed by atoms with Gasteiger partial charge in [0.25, 0.3) is 0 Å². The Morgan fingerprint density at radius 3 is 2.25 bits per heavy atom. The van der Waals surface area contributed by atoms with Crippen molar-refractivity contribution in [1.82, 2.24) is 25.3 Å². The van der Waals surface area contributed by atoms with Gasteiger partial charge in [0.15, 0.2) is 5.82 Å². The number of rotatable bonds is 6. The molecule has 0 spiro atoms. The lowest BCUT2D eigenvalue weighted by Gasteiger charge is -2.13. The van der Waals surface area contributed by atoms with Gasteiger partial charge in [-0.1, -0.05) is 13.8 Å². The van der Waals surface area contributed by atoms with Crippen LogP contribution >= 0.6 is 0 Å². The van der Waals surface area contributed by atoms with Crippen LogP contribution in [0.25, 0.3) is 11.5 Å². The van der Waals surface area contributed by atoms with Crippen LogP contribution in [-0.4, -0.2) is 33.5 Å². The Morgan fingerprint density at radius 2 is 1.75 bits per heavy atom. The van der Waals surface area contributed by atoms with E-state index in [9.17, 15) is 0 Å². The summed E-state index contributed by atoms with van der Waals surface area (Å²) in [6, 6.07) is 0. The third-order valence-electron chi connectivity index (χ3n) is 3.27. The standard InChI is InChI=1S/C15H21N5/c1-4-12-11(6-7-16-3)13(5-2)20-15(19-12)14-10-17-8-9-18-14/h8-10,16H,4-7H2,1-3H3. The molecule has 0 amide bonds. The largest absolute Gasteiger partial charge is 0.319 e. The van der Waals surface area contributed by atoms with E-state index in [1.54, 1.807) is 18.6 Å². The Kier molecular flexibility index (Phi) is 5.12. The van der Waals surface area contributed by atoms with Crippen molar-refractivity contribution in [1.29, 1.82) is 0 Å². The van der Waals surface area contributed by atoms with Crippen molar-refractivity contribution < 1.29 is 0 Å². The van der Waals surface area contributed by atoms with Gasteiger partial charge in [-0.15, -0.1) is 0 Å². The number of hydrogen-bond acceptors (Lipinski definition) is 5. The van der Waals surface area contributed by atoms with Gasteiger partial charge < -0.3 is 5.32 Å². The number of likely N-dealkylation sites (N-methyl/N-ethyl adjacent to an activating group) is 1. The van der Waals surface area contributed by atoms with Crippen molar-refractivity contribution in [3.63, 3.8) is 0 Å². The average molecular weight is 271 g/mol. The molecule has 5 heteroatoms. The fraction of sp³-hybridized carbons (Fsp3) is 0.467. The zero-order valence-corrected chi connectivity index (χ0v) is 12.3. The zero-order valence-electron chi connectivity index (χ0n) is 12.3. The first-order chi connectivity index (χ1) is 9.80. The summed E-state index contributed by atoms with van der Waals surface area (Å²) in [5.41, 5.74) is 4.24. The van der Waals surface area contributed by atoms with Crippen LogP contribution in [0, 0.1) is 0 Å². The van der Waals surface area contributed by atoms with Crippen LogP contribution < -0.4 is 5.32 Å². The molecule has 0 saturated carbocycles. The van der Waals surface area contributed by atoms with Crippen molar-refractivity contribution in [3.8, 4) is 11.5 Å². The molecule has 2 rings (SSSR count). The normalized spacial score (nSPS) is 10.8. The third-order valence-corrected chi connectivity index (χ3v) is 3.27. The minimum absolute atomic E-state index is 0.681. The van der Waals surface area contributed by atoms with Crippen LogP contribution in [0.1, 0.15) is 30.8 Å². The first kappa shape index (κ1) is 14.5. The number of aryl methyl sites for hydroxylation is 2. The first-order valence-electron chi connectivity index (χ1n) is 7.09. The van der Waals surface area contributed by atoms with Crippen molar-refractivity contribution in [3.05, 3.63) is 35.5 Å². The molecular formula is C15H21N5. The molecule has 1 N–H and O–H groups in total. The molecule has 0 saturated heterocycles. The maximum absolute atomic E-state index is 4.68. The topological polar surface area (TPSA) is 63.6 Å². The molecule has 2 aromatic heterocycles. The van der Waals surface area contributed by atoms with Gasteiger partial charge in [0.2, 0.25) is 0 Å². The van der Waals surface area contributed by atoms with E-state index in [1.165, 1.54) is 5.56 Å². The second kappa shape index (κ2) is 7.05. The van der Waals surface area contributed by atoms with E-state index < -0.39 is 0 Å². The predicted octanol–water partition coefficient (Wildman–Crippen LogP) is 1.82. The summed E-state index contributed by atoms with van der Waals surface area (Å²) in [5.74, 6) is 0.681. The van der Waals surface area contributed by atoms with Gasteiger partial charge in [-0.05, 0) is 38.4 Å². The second-order valence-corrected chi connectivity index (χ2v) is 4.57. The predicted molar refractivity (Wildman–Crippen MR) is 79.4 cm³/mol. The van der Waals surface area contributed by atoms with Crippen LogP contribution in [0.3, 0.4) is 0 Å². The van der Waals surface area contributed by atoms with E-state index in [2.05, 4.69) is 39.1 Å². The summed E-state index contributed by atoms with van der Waals surface area (Å²) in [7, 11) is 1.96. The Bertz CT molecular complexity index is 528. The van der Waals surface area contributed by atoms with Gasteiger partial charge in [0.05, 0.1) is 6.20 Å². The molecule has 0 aliphatic carbocycles. The number of nitrogens with zero attached hydrogens (tertiary/aromatic N) is 4. The van der Waals surface area contributed by atoms with Crippen molar-refractivity contribution in [2.45, 2.75) is 33.1 Å². The molecule has 0 atom stereocenters. The van der Waals surface area contributed by atoms with E-state index in [0.717, 1.165) is 42.9 Å². The van der Waals surface area contributed by atoms with Gasteiger partial charge >= 0.3 is 0 Å². The maximum atomic E-state index is 4.68. The molecule has 0 bridgehead atoms. The fourth-order valence-electron chi connectivity index (χ4n) is 2.23. The monoisotopic (exact) mass is 271 g/mol. The molecule has 0 aromatic carbocycles. The molecule has 20 heavy (non-hydrogen) atoms. The molecule has 0 aliphatic rings. The number of aromatic nitrogens is 4. The van der Waals surface area contributed by atoms with Crippen LogP contribution in [0.15, 0.2) is 18.6 Å². The highest BCUT2D eigenvalue weighted by Crippen LogP contribution is 2.19. The van der Waals surface area contributed by atoms with Gasteiger partial charge in [-0.2, -0.15) is 0 Å². The SMILES string of the molecule is CCc1nc(-c2cnccn2)nc(CC)c1CCNC. The van der Waals surface area contributed by atoms with E-state index in [4.69, 9.17) is 0 Å². The van der Waals surface area contributed by atoms with Gasteiger partial charge in [-0.25, -0.2) is 15.0 Å². The first-order valence-corrected chi connectivity index (χ1v) is 7.09. The van der Waals surface area contributed by atoms with Crippen LogP contribution in [0.4, 0.5) is 0 Å². The molecule has 2 aromatic rings. The molecule has 5 nitrogen and oxygen atoms in total. The highest BCUT2D eigenvalue weighted by molar-refractivity contribution is 5.49. The molecule has 106 valence electrons. The van der Waals surface area contributed by atoms with E-state index in [-0.39, 0.29) is 0 Å². The van der Waals surface area contributed by atoms with Gasteiger partial charge in [0, 0.05) is 23.8 Å². The average Bonchev–Trinajstić information content (AvgIpc) is 2.52. The lowest BCUT2D eigenvalue weighted by Crippen LogP contribution is -2.15. The molecular weight excluding hydrogens is 250 g/mol. The van der Waals surface area contributed by atoms with E-state index in [1.807, 2.05) is 7.05 Å². The maximum Gasteiger partial charge on any atom is 0.180 e. The summed E-state index contributed by atoms with van der Waals surface area (Å²) >= 11 is 0. The smallest absolute Gasteiger partial charge is 0.180 e. The number of hydrogen-bond donors (Lipinski definition) is 1. The van der Waals surface area contributed by atoms with E-state index >= 15 is 0 Å². The summed E-state index contributed by atoms with van der Waals surface area (Å²) in [4.78, 5) is 17.7. The molecule has 0 fully saturated rings. The Morgan fingerprint density at radius 1 is 1.05 bits per heavy atom. The molecule has 0 radical (unpaired) electrons.